The van der Waals surface area contributed by atoms with Crippen molar-refractivity contribution >= 4 is 16.0 Å². The molecule has 6 heteroatoms. The average molecular weight is 297 g/mol. The van der Waals surface area contributed by atoms with Crippen molar-refractivity contribution in [3.63, 3.8) is 0 Å². The van der Waals surface area contributed by atoms with Crippen LogP contribution >= 0.6 is 0 Å². The van der Waals surface area contributed by atoms with Gasteiger partial charge in [0.25, 0.3) is 0 Å². The van der Waals surface area contributed by atoms with Crippen LogP contribution in [0, 0.1) is 0 Å². The number of carboxylic acid groups (broad SMARTS) is 1. The van der Waals surface area contributed by atoms with Gasteiger partial charge in [0.2, 0.25) is 10.0 Å². The fraction of sp³-hybridized carbons (Fsp3) is 0.500. The SMILES string of the molecule is O=C(O)c1ccc(CNS(=O)(=O)C2CCCCC2)cc1. The molecule has 0 saturated heterocycles. The number of aromatic carboxylic acids is 1. The Kier molecular flexibility index (Phi) is 4.77. The molecule has 0 radical (unpaired) electrons. The number of hydrogen-bond acceptors (Lipinski definition) is 3. The van der Waals surface area contributed by atoms with Crippen LogP contribution in [0.5, 0.6) is 0 Å². The molecule has 1 aliphatic rings. The van der Waals surface area contributed by atoms with Gasteiger partial charge in [-0.1, -0.05) is 31.4 Å². The second-order valence-corrected chi connectivity index (χ2v) is 7.17. The van der Waals surface area contributed by atoms with Crippen molar-refractivity contribution in [2.45, 2.75) is 43.9 Å². The molecule has 1 saturated carbocycles. The molecule has 2 rings (SSSR count). The highest BCUT2D eigenvalue weighted by atomic mass is 32.2. The Morgan fingerprint density at radius 1 is 1.15 bits per heavy atom. The van der Waals surface area contributed by atoms with E-state index in [0.29, 0.717) is 0 Å². The Morgan fingerprint density at radius 2 is 1.75 bits per heavy atom. The van der Waals surface area contributed by atoms with E-state index in [9.17, 15) is 13.2 Å². The van der Waals surface area contributed by atoms with Crippen molar-refractivity contribution in [2.75, 3.05) is 0 Å². The predicted octanol–water partition coefficient (Wildman–Crippen LogP) is 2.14. The Bertz CT molecular complexity index is 559. The van der Waals surface area contributed by atoms with E-state index >= 15 is 0 Å². The largest absolute Gasteiger partial charge is 0.478 e. The molecule has 110 valence electrons. The van der Waals surface area contributed by atoms with Gasteiger partial charge in [0, 0.05) is 6.54 Å². The fourth-order valence-corrected chi connectivity index (χ4v) is 4.00. The second-order valence-electron chi connectivity index (χ2n) is 5.13. The fourth-order valence-electron chi connectivity index (χ4n) is 2.44. The molecular weight excluding hydrogens is 278 g/mol. The molecule has 5 nitrogen and oxygen atoms in total. The third-order valence-corrected chi connectivity index (χ3v) is 5.57. The van der Waals surface area contributed by atoms with E-state index < -0.39 is 16.0 Å². The molecule has 0 spiro atoms. The van der Waals surface area contributed by atoms with Crippen molar-refractivity contribution in [3.05, 3.63) is 35.4 Å². The van der Waals surface area contributed by atoms with Crippen LogP contribution in [0.15, 0.2) is 24.3 Å². The van der Waals surface area contributed by atoms with Gasteiger partial charge < -0.3 is 5.11 Å². The highest BCUT2D eigenvalue weighted by Gasteiger charge is 2.26. The van der Waals surface area contributed by atoms with Gasteiger partial charge in [0.1, 0.15) is 0 Å². The van der Waals surface area contributed by atoms with E-state index in [4.69, 9.17) is 5.11 Å². The van der Waals surface area contributed by atoms with Gasteiger partial charge >= 0.3 is 5.97 Å². The first-order valence-electron chi connectivity index (χ1n) is 6.80. The minimum absolute atomic E-state index is 0.198. The summed E-state index contributed by atoms with van der Waals surface area (Å²) in [6.07, 6.45) is 4.51. The highest BCUT2D eigenvalue weighted by molar-refractivity contribution is 7.90. The molecule has 0 heterocycles. The van der Waals surface area contributed by atoms with Crippen LogP contribution in [0.4, 0.5) is 0 Å². The van der Waals surface area contributed by atoms with E-state index in [1.807, 2.05) is 0 Å². The van der Waals surface area contributed by atoms with Crippen molar-refractivity contribution < 1.29 is 18.3 Å². The molecule has 0 unspecified atom stereocenters. The van der Waals surface area contributed by atoms with Gasteiger partial charge in [-0.2, -0.15) is 0 Å². The van der Waals surface area contributed by atoms with Crippen LogP contribution in [0.1, 0.15) is 48.0 Å². The molecule has 1 aromatic carbocycles. The summed E-state index contributed by atoms with van der Waals surface area (Å²) in [7, 11) is -3.27. The molecule has 0 aromatic heterocycles. The number of carboxylic acids is 1. The lowest BCUT2D eigenvalue weighted by molar-refractivity contribution is 0.0697. The quantitative estimate of drug-likeness (QED) is 0.872. The molecule has 0 amide bonds. The zero-order chi connectivity index (χ0) is 14.6. The van der Waals surface area contributed by atoms with Crippen molar-refractivity contribution in [1.29, 1.82) is 0 Å². The number of sulfonamides is 1. The maximum Gasteiger partial charge on any atom is 0.335 e. The van der Waals surface area contributed by atoms with E-state index in [1.54, 1.807) is 12.1 Å². The van der Waals surface area contributed by atoms with Gasteiger partial charge in [-0.15, -0.1) is 0 Å². The molecule has 0 aliphatic heterocycles. The summed E-state index contributed by atoms with van der Waals surface area (Å²) in [6, 6.07) is 6.22. The average Bonchev–Trinajstić information content (AvgIpc) is 2.46. The number of carbonyl (C=O) groups is 1. The molecule has 1 fully saturated rings. The molecule has 1 aliphatic carbocycles. The molecule has 0 atom stereocenters. The number of nitrogens with one attached hydrogen (secondary N) is 1. The van der Waals surface area contributed by atoms with Crippen LogP contribution in [-0.2, 0) is 16.6 Å². The lowest BCUT2D eigenvalue weighted by Gasteiger charge is -2.22. The standard InChI is InChI=1S/C14H19NO4S/c16-14(17)12-8-6-11(7-9-12)10-15-20(18,19)13-4-2-1-3-5-13/h6-9,13,15H,1-5,10H2,(H,16,17). The van der Waals surface area contributed by atoms with Crippen LogP contribution in [0.2, 0.25) is 0 Å². The van der Waals surface area contributed by atoms with E-state index in [1.165, 1.54) is 12.1 Å². The lowest BCUT2D eigenvalue weighted by Crippen LogP contribution is -2.35. The molecular formula is C14H19NO4S. The maximum absolute atomic E-state index is 12.1. The third-order valence-electron chi connectivity index (χ3n) is 3.67. The highest BCUT2D eigenvalue weighted by Crippen LogP contribution is 2.23. The first-order chi connectivity index (χ1) is 9.49. The minimum atomic E-state index is -3.27. The molecule has 0 bridgehead atoms. The Hall–Kier alpha value is -1.40. The van der Waals surface area contributed by atoms with E-state index in [2.05, 4.69) is 4.72 Å². The summed E-state index contributed by atoms with van der Waals surface area (Å²) in [6.45, 7) is 0.207. The zero-order valence-corrected chi connectivity index (χ0v) is 12.0. The van der Waals surface area contributed by atoms with Gasteiger partial charge in [-0.25, -0.2) is 17.9 Å². The van der Waals surface area contributed by atoms with Crippen molar-refractivity contribution in [3.8, 4) is 0 Å². The summed E-state index contributed by atoms with van der Waals surface area (Å²) in [4.78, 5) is 10.7. The van der Waals surface area contributed by atoms with Crippen molar-refractivity contribution in [1.82, 2.24) is 4.72 Å². The smallest absolute Gasteiger partial charge is 0.335 e. The lowest BCUT2D eigenvalue weighted by atomic mass is 10.0. The van der Waals surface area contributed by atoms with Gasteiger partial charge in [-0.3, -0.25) is 0 Å². The monoisotopic (exact) mass is 297 g/mol. The van der Waals surface area contributed by atoms with Crippen LogP contribution < -0.4 is 4.72 Å². The summed E-state index contributed by atoms with van der Waals surface area (Å²) in [5.41, 5.74) is 0.957. The third kappa shape index (κ3) is 3.80. The molecule has 1 aromatic rings. The van der Waals surface area contributed by atoms with Crippen LogP contribution in [0.25, 0.3) is 0 Å². The Balaban J connectivity index is 1.95. The Labute approximate surface area is 119 Å². The predicted molar refractivity (Wildman–Crippen MR) is 76.0 cm³/mol. The van der Waals surface area contributed by atoms with Crippen LogP contribution in [-0.4, -0.2) is 24.7 Å². The summed E-state index contributed by atoms with van der Waals surface area (Å²) >= 11 is 0. The maximum atomic E-state index is 12.1. The molecule has 2 N–H and O–H groups in total. The summed E-state index contributed by atoms with van der Waals surface area (Å²) < 4.78 is 26.9. The first-order valence-corrected chi connectivity index (χ1v) is 8.34. The topological polar surface area (TPSA) is 83.5 Å². The second kappa shape index (κ2) is 6.37. The van der Waals surface area contributed by atoms with Gasteiger partial charge in [0.15, 0.2) is 0 Å². The first kappa shape index (κ1) is 15.0. The Morgan fingerprint density at radius 3 is 2.30 bits per heavy atom. The zero-order valence-electron chi connectivity index (χ0n) is 11.2. The van der Waals surface area contributed by atoms with Crippen LogP contribution in [0.3, 0.4) is 0 Å². The summed E-state index contributed by atoms with van der Waals surface area (Å²) in [5, 5.41) is 8.51. The summed E-state index contributed by atoms with van der Waals surface area (Å²) in [5.74, 6) is -0.987. The van der Waals surface area contributed by atoms with E-state index in [-0.39, 0.29) is 17.4 Å². The number of benzene rings is 1. The molecule has 20 heavy (non-hydrogen) atoms. The van der Waals surface area contributed by atoms with Gasteiger partial charge in [-0.05, 0) is 30.5 Å². The minimum Gasteiger partial charge on any atom is -0.478 e. The normalized spacial score (nSPS) is 17.0. The number of hydrogen-bond donors (Lipinski definition) is 2. The van der Waals surface area contributed by atoms with E-state index in [0.717, 1.165) is 37.7 Å². The van der Waals surface area contributed by atoms with Gasteiger partial charge in [0.05, 0.1) is 10.8 Å². The van der Waals surface area contributed by atoms with Crippen molar-refractivity contribution in [2.24, 2.45) is 0 Å². The number of rotatable bonds is 5.